The van der Waals surface area contributed by atoms with Gasteiger partial charge in [0.25, 0.3) is 0 Å². The maximum Gasteiger partial charge on any atom is 0.321 e. The van der Waals surface area contributed by atoms with Gasteiger partial charge < -0.3 is 19.9 Å². The van der Waals surface area contributed by atoms with Crippen LogP contribution in [0.4, 0.5) is 4.79 Å². The van der Waals surface area contributed by atoms with Crippen molar-refractivity contribution in [1.82, 2.24) is 10.6 Å². The van der Waals surface area contributed by atoms with Crippen molar-refractivity contribution in [3.8, 4) is 0 Å². The highest BCUT2D eigenvalue weighted by Crippen LogP contribution is 2.55. The van der Waals surface area contributed by atoms with Crippen LogP contribution in [0.5, 0.6) is 0 Å². The van der Waals surface area contributed by atoms with E-state index in [4.69, 9.17) is 21.1 Å². The van der Waals surface area contributed by atoms with Crippen molar-refractivity contribution in [1.29, 1.82) is 0 Å². The average Bonchev–Trinajstić information content (AvgIpc) is 3.31. The van der Waals surface area contributed by atoms with E-state index in [1.54, 1.807) is 7.11 Å². The number of aliphatic hydroxyl groups is 1. The summed E-state index contributed by atoms with van der Waals surface area (Å²) in [6, 6.07) is 7.54. The van der Waals surface area contributed by atoms with Crippen LogP contribution in [-0.4, -0.2) is 65.2 Å². The SMILES string of the molecule is CO[C@H]1[C@@H]([C@@]2(C)O[C@@H]2CC=C(C)C)[C@@](O)(C[S+]2Cc3ccccc3C2)CC[C@H]1NC(=O)NC(=O)CCl. The Morgan fingerprint density at radius 1 is 1.28 bits per heavy atom. The van der Waals surface area contributed by atoms with Crippen molar-refractivity contribution >= 4 is 34.4 Å². The molecule has 0 bridgehead atoms. The number of nitrogens with one attached hydrogen (secondary N) is 2. The third kappa shape index (κ3) is 5.78. The summed E-state index contributed by atoms with van der Waals surface area (Å²) in [4.78, 5) is 24.1. The molecule has 7 nitrogen and oxygen atoms in total. The van der Waals surface area contributed by atoms with Crippen molar-refractivity contribution in [3.63, 3.8) is 0 Å². The number of epoxide rings is 1. The van der Waals surface area contributed by atoms with Gasteiger partial charge in [-0.3, -0.25) is 10.1 Å². The number of benzene rings is 1. The monoisotopic (exact) mass is 537 g/mol. The number of amides is 3. The molecule has 3 N–H and O–H groups in total. The fraction of sp³-hybridized carbons (Fsp3) is 0.630. The van der Waals surface area contributed by atoms with E-state index in [-0.39, 0.29) is 34.8 Å². The van der Waals surface area contributed by atoms with Gasteiger partial charge in [0.05, 0.1) is 24.2 Å². The van der Waals surface area contributed by atoms with Crippen LogP contribution in [0.15, 0.2) is 35.9 Å². The van der Waals surface area contributed by atoms with Crippen LogP contribution in [0.1, 0.15) is 51.2 Å². The molecule has 2 fully saturated rings. The molecule has 0 spiro atoms. The lowest BCUT2D eigenvalue weighted by atomic mass is 9.65. The number of alkyl halides is 1. The number of hydrogen-bond donors (Lipinski definition) is 3. The first-order valence-corrected chi connectivity index (χ1v) is 14.8. The molecule has 1 aliphatic carbocycles. The zero-order chi connectivity index (χ0) is 26.1. The second kappa shape index (κ2) is 11.0. The lowest BCUT2D eigenvalue weighted by Crippen LogP contribution is -2.65. The summed E-state index contributed by atoms with van der Waals surface area (Å²) in [5.41, 5.74) is 2.38. The Morgan fingerprint density at radius 3 is 2.53 bits per heavy atom. The number of urea groups is 1. The highest BCUT2D eigenvalue weighted by atomic mass is 35.5. The van der Waals surface area contributed by atoms with E-state index in [1.807, 2.05) is 0 Å². The molecule has 6 atom stereocenters. The zero-order valence-electron chi connectivity index (χ0n) is 21.5. The first-order valence-electron chi connectivity index (χ1n) is 12.5. The van der Waals surface area contributed by atoms with Crippen molar-refractivity contribution in [2.45, 2.75) is 81.0 Å². The summed E-state index contributed by atoms with van der Waals surface area (Å²) in [5, 5.41) is 17.4. The molecule has 1 aromatic carbocycles. The molecule has 1 aromatic rings. The van der Waals surface area contributed by atoms with Crippen molar-refractivity contribution in [2.24, 2.45) is 5.92 Å². The molecule has 3 aliphatic rings. The Hall–Kier alpha value is -1.58. The zero-order valence-corrected chi connectivity index (χ0v) is 23.1. The van der Waals surface area contributed by atoms with Gasteiger partial charge in [-0.05, 0) is 50.9 Å². The highest BCUT2D eigenvalue weighted by Gasteiger charge is 2.68. The van der Waals surface area contributed by atoms with Crippen molar-refractivity contribution < 1.29 is 24.2 Å². The number of imide groups is 1. The average molecular weight is 538 g/mol. The first-order chi connectivity index (χ1) is 17.1. The van der Waals surface area contributed by atoms with Gasteiger partial charge >= 0.3 is 6.03 Å². The normalized spacial score (nSPS) is 33.5. The van der Waals surface area contributed by atoms with E-state index in [0.717, 1.165) is 17.9 Å². The minimum Gasteiger partial charge on any atom is -0.384 e. The van der Waals surface area contributed by atoms with Gasteiger partial charge in [-0.1, -0.05) is 35.9 Å². The molecule has 36 heavy (non-hydrogen) atoms. The van der Waals surface area contributed by atoms with Crippen LogP contribution < -0.4 is 10.6 Å². The maximum absolute atomic E-state index is 12.5. The lowest BCUT2D eigenvalue weighted by Gasteiger charge is -2.48. The van der Waals surface area contributed by atoms with Gasteiger partial charge in [-0.25, -0.2) is 4.79 Å². The Kier molecular flexibility index (Phi) is 8.42. The summed E-state index contributed by atoms with van der Waals surface area (Å²) in [6.45, 7) is 6.19. The van der Waals surface area contributed by atoms with Gasteiger partial charge in [0, 0.05) is 18.2 Å². The number of allylic oxidation sites excluding steroid dienone is 1. The number of rotatable bonds is 8. The minimum absolute atomic E-state index is 0.00927. The number of carbonyl (C=O) groups is 2. The number of halogens is 1. The fourth-order valence-corrected chi connectivity index (χ4v) is 8.91. The maximum atomic E-state index is 12.5. The number of fused-ring (bicyclic) bond motifs is 1. The Balaban J connectivity index is 1.57. The van der Waals surface area contributed by atoms with Crippen molar-refractivity contribution in [2.75, 3.05) is 18.7 Å². The summed E-state index contributed by atoms with van der Waals surface area (Å²) in [6.07, 6.45) is 3.47. The molecular weight excluding hydrogens is 500 g/mol. The predicted molar refractivity (Wildman–Crippen MR) is 143 cm³/mol. The topological polar surface area (TPSA) is 100 Å². The second-order valence-electron chi connectivity index (χ2n) is 10.7. The molecule has 2 heterocycles. The van der Waals surface area contributed by atoms with Gasteiger partial charge in [0.2, 0.25) is 5.91 Å². The number of methoxy groups -OCH3 is 1. The molecule has 0 unspecified atom stereocenters. The van der Waals surface area contributed by atoms with Crippen LogP contribution in [-0.2, 0) is 36.7 Å². The molecule has 9 heteroatoms. The summed E-state index contributed by atoms with van der Waals surface area (Å²) in [7, 11) is 1.62. The van der Waals surface area contributed by atoms with Gasteiger partial charge in [0.1, 0.15) is 34.3 Å². The third-order valence-electron chi connectivity index (χ3n) is 7.78. The third-order valence-corrected chi connectivity index (χ3v) is 10.4. The Labute approximate surface area is 221 Å². The lowest BCUT2D eigenvalue weighted by molar-refractivity contribution is -0.137. The fourth-order valence-electron chi connectivity index (χ4n) is 6.06. The molecule has 198 valence electrons. The first kappa shape index (κ1) is 27.5. The second-order valence-corrected chi connectivity index (χ2v) is 13.1. The van der Waals surface area contributed by atoms with E-state index in [0.29, 0.717) is 18.6 Å². The van der Waals surface area contributed by atoms with Crippen LogP contribution >= 0.6 is 11.6 Å². The van der Waals surface area contributed by atoms with E-state index < -0.39 is 29.2 Å². The summed E-state index contributed by atoms with van der Waals surface area (Å²) in [5.74, 6) is 1.43. The van der Waals surface area contributed by atoms with Gasteiger partial charge in [-0.2, -0.15) is 0 Å². The molecule has 0 radical (unpaired) electrons. The quantitative estimate of drug-likeness (QED) is 0.204. The van der Waals surface area contributed by atoms with E-state index in [9.17, 15) is 14.7 Å². The predicted octanol–water partition coefficient (Wildman–Crippen LogP) is 3.42. The van der Waals surface area contributed by atoms with Crippen LogP contribution in [0.3, 0.4) is 0 Å². The number of ether oxygens (including phenoxy) is 2. The minimum atomic E-state index is -0.999. The molecule has 0 aromatic heterocycles. The molecule has 3 amide bonds. The van der Waals surface area contributed by atoms with Crippen LogP contribution in [0.2, 0.25) is 0 Å². The largest absolute Gasteiger partial charge is 0.384 e. The number of carbonyl (C=O) groups excluding carboxylic acids is 2. The van der Waals surface area contributed by atoms with Crippen LogP contribution in [0, 0.1) is 5.92 Å². The smallest absolute Gasteiger partial charge is 0.321 e. The summed E-state index contributed by atoms with van der Waals surface area (Å²) < 4.78 is 12.3. The molecular formula is C27H38ClN2O5S+. The summed E-state index contributed by atoms with van der Waals surface area (Å²) >= 11 is 5.54. The van der Waals surface area contributed by atoms with E-state index >= 15 is 0 Å². The molecule has 2 aliphatic heterocycles. The Bertz CT molecular complexity index is 993. The Morgan fingerprint density at radius 2 is 1.94 bits per heavy atom. The van der Waals surface area contributed by atoms with Gasteiger partial charge in [0.15, 0.2) is 0 Å². The van der Waals surface area contributed by atoms with Gasteiger partial charge in [-0.15, -0.1) is 11.6 Å². The standard InChI is InChI=1S/C27H37ClN2O5S/c1-17(2)9-10-21-26(3,35-21)24-23(34-4)20(29-25(32)30-22(31)13-28)11-12-27(24,33)16-36-14-18-7-5-6-8-19(18)15-36/h5-9,20-21,23-24,33H,10-16H2,1-4H3,(H-,29,30,31,32)/p+1/t20-,21-,23-,24+,26+,27+/m1/s1. The molecule has 1 saturated carbocycles. The van der Waals surface area contributed by atoms with E-state index in [2.05, 4.69) is 61.7 Å². The molecule has 4 rings (SSSR count). The number of hydrogen-bond acceptors (Lipinski definition) is 5. The van der Waals surface area contributed by atoms with E-state index in [1.165, 1.54) is 16.7 Å². The van der Waals surface area contributed by atoms with Crippen LogP contribution in [0.25, 0.3) is 0 Å². The molecule has 1 saturated heterocycles. The van der Waals surface area contributed by atoms with Crippen molar-refractivity contribution in [3.05, 3.63) is 47.0 Å². The highest BCUT2D eigenvalue weighted by molar-refractivity contribution is 7.95.